The summed E-state index contributed by atoms with van der Waals surface area (Å²) in [5.74, 6) is 0.508. The van der Waals surface area contributed by atoms with Crippen LogP contribution in [0.25, 0.3) is 22.0 Å². The monoisotopic (exact) mass is 423 g/mol. The molecule has 8 heteroatoms. The second-order valence-electron chi connectivity index (χ2n) is 7.76. The number of hydrogen-bond donors (Lipinski definition) is 1. The van der Waals surface area contributed by atoms with E-state index in [0.29, 0.717) is 18.1 Å². The van der Waals surface area contributed by atoms with Gasteiger partial charge in [0.15, 0.2) is 11.0 Å². The van der Waals surface area contributed by atoms with Crippen molar-refractivity contribution in [3.8, 4) is 22.0 Å². The number of likely N-dealkylation sites (tertiary alicyclic amines) is 1. The van der Waals surface area contributed by atoms with Crippen LogP contribution in [0.1, 0.15) is 26.7 Å². The molecule has 1 aromatic carbocycles. The summed E-state index contributed by atoms with van der Waals surface area (Å²) in [6.07, 6.45) is 5.14. The third-order valence-electron chi connectivity index (χ3n) is 5.26. The molecule has 4 rings (SSSR count). The quantitative estimate of drug-likeness (QED) is 0.677. The van der Waals surface area contributed by atoms with Crippen LogP contribution in [0.4, 0.5) is 5.13 Å². The highest BCUT2D eigenvalue weighted by Crippen LogP contribution is 2.38. The van der Waals surface area contributed by atoms with Gasteiger partial charge >= 0.3 is 0 Å². The first kappa shape index (κ1) is 20.3. The minimum absolute atomic E-state index is 0.0189. The fraction of sp³-hybridized carbons (Fsp3) is 0.364. The molecule has 30 heavy (non-hydrogen) atoms. The number of hydrogen-bond acceptors (Lipinski definition) is 5. The number of imidazole rings is 1. The summed E-state index contributed by atoms with van der Waals surface area (Å²) in [6, 6.07) is 9.42. The molecule has 1 aliphatic rings. The van der Waals surface area contributed by atoms with Gasteiger partial charge in [0.25, 0.3) is 0 Å². The lowest BCUT2D eigenvalue weighted by molar-refractivity contribution is -0.139. The first-order valence-corrected chi connectivity index (χ1v) is 10.9. The molecule has 1 aliphatic heterocycles. The molecule has 1 atom stereocenters. The molecule has 7 nitrogen and oxygen atoms in total. The van der Waals surface area contributed by atoms with Crippen molar-refractivity contribution in [1.82, 2.24) is 19.4 Å². The molecule has 2 aromatic heterocycles. The molecule has 156 valence electrons. The van der Waals surface area contributed by atoms with Crippen molar-refractivity contribution in [1.29, 1.82) is 0 Å². The number of nitrogens with one attached hydrogen (secondary N) is 1. The molecule has 0 saturated carbocycles. The van der Waals surface area contributed by atoms with Crippen LogP contribution in [-0.4, -0.2) is 43.8 Å². The fourth-order valence-corrected chi connectivity index (χ4v) is 4.75. The summed E-state index contributed by atoms with van der Waals surface area (Å²) in [7, 11) is 1.93. The Hall–Kier alpha value is -3.00. The number of carbonyl (C=O) groups excluding carboxylic acids is 2. The molecular formula is C22H25N5O2S. The highest BCUT2D eigenvalue weighted by molar-refractivity contribution is 7.19. The molecule has 2 amide bonds. The average Bonchev–Trinajstić information content (AvgIpc) is 3.47. The van der Waals surface area contributed by atoms with Gasteiger partial charge in [-0.2, -0.15) is 0 Å². The lowest BCUT2D eigenvalue weighted by Crippen LogP contribution is -2.44. The number of thiazole rings is 1. The maximum absolute atomic E-state index is 13.0. The van der Waals surface area contributed by atoms with Crippen molar-refractivity contribution < 1.29 is 9.59 Å². The van der Waals surface area contributed by atoms with E-state index in [9.17, 15) is 9.59 Å². The van der Waals surface area contributed by atoms with Crippen LogP contribution in [0.15, 0.2) is 42.7 Å². The van der Waals surface area contributed by atoms with E-state index in [1.807, 2.05) is 62.0 Å². The summed E-state index contributed by atoms with van der Waals surface area (Å²) in [5, 5.41) is 3.47. The third kappa shape index (κ3) is 3.87. The van der Waals surface area contributed by atoms with Crippen LogP contribution in [0, 0.1) is 5.92 Å². The number of aromatic nitrogens is 3. The predicted octanol–water partition coefficient (Wildman–Crippen LogP) is 3.80. The number of rotatable bonds is 5. The smallest absolute Gasteiger partial charge is 0.248 e. The van der Waals surface area contributed by atoms with E-state index >= 15 is 0 Å². The predicted molar refractivity (Wildman–Crippen MR) is 118 cm³/mol. The second kappa shape index (κ2) is 8.39. The molecule has 0 radical (unpaired) electrons. The Morgan fingerprint density at radius 3 is 2.67 bits per heavy atom. The maximum Gasteiger partial charge on any atom is 0.248 e. The molecule has 0 bridgehead atoms. The standard InChI is InChI=1S/C22H25N5O2S/c1-14(2)21(29)27-12-7-10-16(27)20(28)25-22-24-17(15-8-5-4-6-9-15)18(30-22)19-23-11-13-26(19)3/h4-6,8-9,11,13-14,16H,7,10,12H2,1-3H3,(H,24,25,28). The van der Waals surface area contributed by atoms with E-state index in [0.717, 1.165) is 28.4 Å². The van der Waals surface area contributed by atoms with Crippen LogP contribution in [0.5, 0.6) is 0 Å². The summed E-state index contributed by atoms with van der Waals surface area (Å²) >= 11 is 1.40. The van der Waals surface area contributed by atoms with Gasteiger partial charge in [0.1, 0.15) is 6.04 Å². The largest absolute Gasteiger partial charge is 0.333 e. The zero-order valence-electron chi connectivity index (χ0n) is 17.3. The third-order valence-corrected chi connectivity index (χ3v) is 6.23. The minimum Gasteiger partial charge on any atom is -0.333 e. The molecule has 1 N–H and O–H groups in total. The van der Waals surface area contributed by atoms with Crippen LogP contribution in [0.3, 0.4) is 0 Å². The van der Waals surface area contributed by atoms with Gasteiger partial charge in [-0.05, 0) is 12.8 Å². The highest BCUT2D eigenvalue weighted by Gasteiger charge is 2.35. The van der Waals surface area contributed by atoms with Gasteiger partial charge in [-0.3, -0.25) is 9.59 Å². The van der Waals surface area contributed by atoms with Gasteiger partial charge in [-0.15, -0.1) is 0 Å². The first-order valence-electron chi connectivity index (χ1n) is 10.1. The van der Waals surface area contributed by atoms with E-state index in [1.165, 1.54) is 11.3 Å². The number of benzene rings is 1. The number of aryl methyl sites for hydroxylation is 1. The summed E-state index contributed by atoms with van der Waals surface area (Å²) in [5.41, 5.74) is 1.75. The van der Waals surface area contributed by atoms with Gasteiger partial charge in [-0.1, -0.05) is 55.5 Å². The topological polar surface area (TPSA) is 80.1 Å². The molecule has 1 unspecified atom stereocenters. The molecule has 0 aliphatic carbocycles. The van der Waals surface area contributed by atoms with E-state index in [1.54, 1.807) is 11.1 Å². The lowest BCUT2D eigenvalue weighted by atomic mass is 10.1. The van der Waals surface area contributed by atoms with Crippen molar-refractivity contribution >= 4 is 28.3 Å². The van der Waals surface area contributed by atoms with Crippen molar-refractivity contribution in [2.45, 2.75) is 32.7 Å². The van der Waals surface area contributed by atoms with Gasteiger partial charge in [0.2, 0.25) is 11.8 Å². The van der Waals surface area contributed by atoms with Crippen LogP contribution in [0.2, 0.25) is 0 Å². The molecule has 0 spiro atoms. The zero-order valence-corrected chi connectivity index (χ0v) is 18.1. The van der Waals surface area contributed by atoms with Crippen LogP contribution >= 0.6 is 11.3 Å². The number of carbonyl (C=O) groups is 2. The van der Waals surface area contributed by atoms with Gasteiger partial charge in [-0.25, -0.2) is 9.97 Å². The molecule has 1 saturated heterocycles. The Balaban J connectivity index is 1.64. The van der Waals surface area contributed by atoms with Crippen molar-refractivity contribution in [3.05, 3.63) is 42.7 Å². The van der Waals surface area contributed by atoms with Gasteiger partial charge < -0.3 is 14.8 Å². The van der Waals surface area contributed by atoms with Crippen molar-refractivity contribution in [3.63, 3.8) is 0 Å². The van der Waals surface area contributed by atoms with E-state index in [-0.39, 0.29) is 17.7 Å². The van der Waals surface area contributed by atoms with E-state index in [4.69, 9.17) is 4.98 Å². The van der Waals surface area contributed by atoms with Crippen molar-refractivity contribution in [2.24, 2.45) is 13.0 Å². The normalized spacial score (nSPS) is 16.3. The van der Waals surface area contributed by atoms with Crippen LogP contribution < -0.4 is 5.32 Å². The Kier molecular flexibility index (Phi) is 5.67. The number of nitrogens with zero attached hydrogens (tertiary/aromatic N) is 4. The molecule has 3 aromatic rings. The zero-order chi connectivity index (χ0) is 21.3. The SMILES string of the molecule is CC(C)C(=O)N1CCCC1C(=O)Nc1nc(-c2ccccc2)c(-c2nccn2C)s1. The van der Waals surface area contributed by atoms with E-state index in [2.05, 4.69) is 10.3 Å². The Morgan fingerprint density at radius 1 is 1.23 bits per heavy atom. The summed E-state index contributed by atoms with van der Waals surface area (Å²) < 4.78 is 1.94. The van der Waals surface area contributed by atoms with Gasteiger partial charge in [0.05, 0.1) is 10.6 Å². The first-order chi connectivity index (χ1) is 14.5. The summed E-state index contributed by atoms with van der Waals surface area (Å²) in [4.78, 5) is 37.3. The van der Waals surface area contributed by atoms with Gasteiger partial charge in [0, 0.05) is 37.5 Å². The highest BCUT2D eigenvalue weighted by atomic mass is 32.1. The molecule has 3 heterocycles. The second-order valence-corrected chi connectivity index (χ2v) is 8.76. The molecular weight excluding hydrogens is 398 g/mol. The summed E-state index contributed by atoms with van der Waals surface area (Å²) in [6.45, 7) is 4.35. The Morgan fingerprint density at radius 2 is 2.00 bits per heavy atom. The van der Waals surface area contributed by atoms with Crippen LogP contribution in [-0.2, 0) is 16.6 Å². The maximum atomic E-state index is 13.0. The van der Waals surface area contributed by atoms with Crippen molar-refractivity contribution in [2.75, 3.05) is 11.9 Å². The fourth-order valence-electron chi connectivity index (χ4n) is 3.72. The van der Waals surface area contributed by atoms with E-state index < -0.39 is 6.04 Å². The lowest BCUT2D eigenvalue weighted by Gasteiger charge is -2.25. The Bertz CT molecular complexity index is 1060. The minimum atomic E-state index is -0.444. The number of amides is 2. The Labute approximate surface area is 179 Å². The molecule has 1 fully saturated rings. The average molecular weight is 424 g/mol. The number of anilines is 1.